The van der Waals surface area contributed by atoms with Gasteiger partial charge in [-0.2, -0.15) is 13.2 Å². The monoisotopic (exact) mass is 556 g/mol. The van der Waals surface area contributed by atoms with Crippen LogP contribution in [0.4, 0.5) is 39.5 Å². The van der Waals surface area contributed by atoms with Crippen molar-refractivity contribution in [3.63, 3.8) is 0 Å². The van der Waals surface area contributed by atoms with Gasteiger partial charge in [-0.3, -0.25) is 14.3 Å². The fraction of sp³-hybridized carbons (Fsp3) is 0.909. The molecule has 0 aromatic heterocycles. The number of nitrogens with two attached hydrogens (primary N) is 1. The number of nitrogens with one attached hydrogen (secondary N) is 1. The molecule has 0 heterocycles. The summed E-state index contributed by atoms with van der Waals surface area (Å²) in [5.74, 6) is -7.85. The van der Waals surface area contributed by atoms with Crippen molar-refractivity contribution < 1.29 is 58.6 Å². The summed E-state index contributed by atoms with van der Waals surface area (Å²) in [5, 5.41) is 2.37. The molecule has 3 saturated carbocycles. The fourth-order valence-electron chi connectivity index (χ4n) is 5.53. The van der Waals surface area contributed by atoms with Gasteiger partial charge in [0.25, 0.3) is 0 Å². The van der Waals surface area contributed by atoms with Crippen molar-refractivity contribution in [3.05, 3.63) is 0 Å². The van der Waals surface area contributed by atoms with Crippen LogP contribution in [0.15, 0.2) is 0 Å². The summed E-state index contributed by atoms with van der Waals surface area (Å²) in [6, 6.07) is -0.861. The fourth-order valence-corrected chi connectivity index (χ4v) is 5.53. The Morgan fingerprint density at radius 2 is 1.46 bits per heavy atom. The maximum absolute atomic E-state index is 15.2. The third-order valence-corrected chi connectivity index (χ3v) is 7.41. The molecule has 3 aliphatic rings. The smallest absolute Gasteiger partial charge is 0.371 e. The van der Waals surface area contributed by atoms with Crippen LogP contribution in [0.2, 0.25) is 0 Å². The first kappa shape index (κ1) is 29.8. The maximum atomic E-state index is 15.2. The number of carbonyl (C=O) groups is 2. The van der Waals surface area contributed by atoms with E-state index in [4.69, 9.17) is 10.5 Å². The second kappa shape index (κ2) is 11.5. The molecule has 3 N–H and O–H groups in total. The van der Waals surface area contributed by atoms with E-state index in [0.29, 0.717) is 0 Å². The summed E-state index contributed by atoms with van der Waals surface area (Å²) in [7, 11) is 0. The molecule has 0 radical (unpaired) electrons. The molecule has 10 unspecified atom stereocenters. The van der Waals surface area contributed by atoms with Gasteiger partial charge in [0.1, 0.15) is 18.5 Å². The first-order valence-electron chi connectivity index (χ1n) is 12.1. The summed E-state index contributed by atoms with van der Waals surface area (Å²) < 4.78 is 131. The number of hydrogen-bond acceptors (Lipinski definition) is 4. The van der Waals surface area contributed by atoms with Gasteiger partial charge in [0.15, 0.2) is 0 Å². The van der Waals surface area contributed by atoms with E-state index < -0.39 is 104 Å². The average molecular weight is 556 g/mol. The van der Waals surface area contributed by atoms with Crippen molar-refractivity contribution in [1.82, 2.24) is 5.32 Å². The van der Waals surface area contributed by atoms with Crippen molar-refractivity contribution in [3.8, 4) is 0 Å². The van der Waals surface area contributed by atoms with E-state index in [2.05, 4.69) is 10.1 Å². The highest BCUT2D eigenvalue weighted by atomic mass is 19.4. The van der Waals surface area contributed by atoms with E-state index >= 15 is 4.39 Å². The Balaban J connectivity index is 1.71. The second-order valence-electron chi connectivity index (χ2n) is 9.97. The van der Waals surface area contributed by atoms with Gasteiger partial charge >= 0.3 is 12.5 Å². The Morgan fingerprint density at radius 3 is 2.03 bits per heavy atom. The number of rotatable bonds is 6. The molecule has 37 heavy (non-hydrogen) atoms. The lowest BCUT2D eigenvalue weighted by atomic mass is 9.76. The van der Waals surface area contributed by atoms with Gasteiger partial charge in [0.05, 0.1) is 36.1 Å². The highest BCUT2D eigenvalue weighted by molar-refractivity contribution is 5.81. The molecule has 15 heteroatoms. The average Bonchev–Trinajstić information content (AvgIpc) is 2.74. The lowest BCUT2D eigenvalue weighted by Gasteiger charge is -2.42. The molecule has 214 valence electrons. The van der Waals surface area contributed by atoms with Gasteiger partial charge in [-0.1, -0.05) is 0 Å². The highest BCUT2D eigenvalue weighted by Gasteiger charge is 2.55. The van der Waals surface area contributed by atoms with E-state index in [0.717, 1.165) is 0 Å². The molecule has 0 bridgehead atoms. The Kier molecular flexibility index (Phi) is 9.29. The minimum absolute atomic E-state index is 0.0321. The van der Waals surface area contributed by atoms with Gasteiger partial charge < -0.3 is 15.8 Å². The predicted octanol–water partition coefficient (Wildman–Crippen LogP) is 4.20. The van der Waals surface area contributed by atoms with Crippen molar-refractivity contribution in [2.24, 2.45) is 23.5 Å². The minimum Gasteiger partial charge on any atom is -0.371 e. The van der Waals surface area contributed by atoms with Gasteiger partial charge in [-0.25, -0.2) is 13.2 Å². The van der Waals surface area contributed by atoms with Crippen LogP contribution in [0.1, 0.15) is 51.4 Å². The Hall–Kier alpha value is -1.77. The number of primary amides is 1. The van der Waals surface area contributed by atoms with Crippen LogP contribution >= 0.6 is 0 Å². The molecule has 0 aliphatic heterocycles. The zero-order valence-electron chi connectivity index (χ0n) is 19.5. The van der Waals surface area contributed by atoms with E-state index in [1.165, 1.54) is 0 Å². The van der Waals surface area contributed by atoms with Crippen LogP contribution < -0.4 is 11.1 Å². The molecule has 3 fully saturated rings. The Bertz CT molecular complexity index is 812. The topological polar surface area (TPSA) is 90.7 Å². The zero-order valence-corrected chi connectivity index (χ0v) is 19.5. The van der Waals surface area contributed by atoms with Crippen molar-refractivity contribution >= 4 is 11.8 Å². The number of alkyl halides is 9. The van der Waals surface area contributed by atoms with Gasteiger partial charge in [-0.15, -0.1) is 13.2 Å². The summed E-state index contributed by atoms with van der Waals surface area (Å²) in [5.41, 5.74) is 5.16. The van der Waals surface area contributed by atoms with Gasteiger partial charge in [0.2, 0.25) is 11.8 Å². The summed E-state index contributed by atoms with van der Waals surface area (Å²) in [4.78, 5) is 24.5. The van der Waals surface area contributed by atoms with E-state index in [1.54, 1.807) is 0 Å². The molecule has 6 nitrogen and oxygen atoms in total. The molecule has 2 amide bonds. The number of ether oxygens (including phenoxy) is 2. The lowest BCUT2D eigenvalue weighted by molar-refractivity contribution is -0.348. The molecule has 0 aromatic carbocycles. The van der Waals surface area contributed by atoms with Gasteiger partial charge in [0, 0.05) is 12.5 Å². The zero-order chi connectivity index (χ0) is 27.7. The maximum Gasteiger partial charge on any atom is 0.522 e. The Morgan fingerprint density at radius 1 is 0.811 bits per heavy atom. The van der Waals surface area contributed by atoms with Crippen LogP contribution in [0, 0.1) is 17.8 Å². The molecule has 10 atom stereocenters. The molecule has 3 rings (SSSR count). The van der Waals surface area contributed by atoms with Crippen LogP contribution in [-0.4, -0.2) is 67.2 Å². The van der Waals surface area contributed by atoms with Crippen molar-refractivity contribution in [2.45, 2.75) is 107 Å². The number of carbonyl (C=O) groups excluding carboxylic acids is 2. The summed E-state index contributed by atoms with van der Waals surface area (Å²) in [6.45, 7) is 0. The van der Waals surface area contributed by atoms with E-state index in [-0.39, 0.29) is 32.1 Å². The van der Waals surface area contributed by atoms with Crippen molar-refractivity contribution in [1.29, 1.82) is 0 Å². The normalized spacial score (nSPS) is 39.7. The third kappa shape index (κ3) is 7.64. The summed E-state index contributed by atoms with van der Waals surface area (Å²) >= 11 is 0. The Labute approximate surface area is 206 Å². The third-order valence-electron chi connectivity index (χ3n) is 7.41. The SMILES string of the molecule is NC(=O)C1CC(NC(=O)C2C(OC3CCC(OC(F)(F)F)CC3F)CCC(C(F)(F)F)C2F)CCC1F. The summed E-state index contributed by atoms with van der Waals surface area (Å²) in [6.07, 6.45) is -23.3. The van der Waals surface area contributed by atoms with Crippen LogP contribution in [0.3, 0.4) is 0 Å². The van der Waals surface area contributed by atoms with Crippen LogP contribution in [0.25, 0.3) is 0 Å². The molecule has 0 aromatic rings. The van der Waals surface area contributed by atoms with Crippen LogP contribution in [0.5, 0.6) is 0 Å². The molecular formula is C22H29F9N2O4. The van der Waals surface area contributed by atoms with E-state index in [1.807, 2.05) is 0 Å². The lowest BCUT2D eigenvalue weighted by Crippen LogP contribution is -2.56. The van der Waals surface area contributed by atoms with E-state index in [9.17, 15) is 44.7 Å². The first-order valence-corrected chi connectivity index (χ1v) is 12.1. The predicted molar refractivity (Wildman–Crippen MR) is 109 cm³/mol. The molecular weight excluding hydrogens is 527 g/mol. The second-order valence-corrected chi connectivity index (χ2v) is 9.97. The largest absolute Gasteiger partial charge is 0.522 e. The number of amides is 2. The quantitative estimate of drug-likeness (QED) is 0.480. The molecule has 0 saturated heterocycles. The standard InChI is InChI=1S/C22H29F9N2O4/c23-13-4-1-9(7-11(13)19(32)34)33-20(35)17-16(6-3-12(18(17)25)21(26,27)28)36-15-5-2-10(8-14(15)24)37-22(29,30)31/h9-18H,1-8H2,(H2,32,34)(H,33,35). The molecule has 0 spiro atoms. The van der Waals surface area contributed by atoms with Crippen LogP contribution in [-0.2, 0) is 19.1 Å². The van der Waals surface area contributed by atoms with Crippen molar-refractivity contribution in [2.75, 3.05) is 0 Å². The first-order chi connectivity index (χ1) is 17.1. The minimum atomic E-state index is -4.98. The number of hydrogen-bond donors (Lipinski definition) is 2. The molecule has 3 aliphatic carbocycles. The number of halogens is 9. The highest BCUT2D eigenvalue weighted by Crippen LogP contribution is 2.44. The van der Waals surface area contributed by atoms with Gasteiger partial charge in [-0.05, 0) is 44.9 Å².